The van der Waals surface area contributed by atoms with Gasteiger partial charge in [0.25, 0.3) is 0 Å². The molecule has 2 heteroatoms. The van der Waals surface area contributed by atoms with E-state index in [-0.39, 0.29) is 36.6 Å². The summed E-state index contributed by atoms with van der Waals surface area (Å²) in [5, 5.41) is 0. The van der Waals surface area contributed by atoms with Crippen LogP contribution in [0.3, 0.4) is 0 Å². The first-order valence-electron chi connectivity index (χ1n) is 9.68. The summed E-state index contributed by atoms with van der Waals surface area (Å²) in [4.78, 5) is 2.33. The van der Waals surface area contributed by atoms with Crippen LogP contribution in [0.25, 0.3) is 0 Å². The molecule has 0 unspecified atom stereocenters. The molecule has 0 spiro atoms. The van der Waals surface area contributed by atoms with Gasteiger partial charge in [-0.25, -0.2) is 0 Å². The molecule has 3 aliphatic carbocycles. The quantitative estimate of drug-likeness (QED) is 0.410. The van der Waals surface area contributed by atoms with Crippen LogP contribution in [0, 0.1) is 57.3 Å². The first-order valence-corrected chi connectivity index (χ1v) is 9.68. The first kappa shape index (κ1) is 25.7. The first-order chi connectivity index (χ1) is 10.7. The Morgan fingerprint density at radius 3 is 1.84 bits per heavy atom. The van der Waals surface area contributed by atoms with Crippen molar-refractivity contribution in [2.75, 3.05) is 20.6 Å². The van der Waals surface area contributed by atoms with E-state index in [0.717, 1.165) is 11.8 Å². The molecule has 0 aliphatic heterocycles. The van der Waals surface area contributed by atoms with Gasteiger partial charge in [-0.2, -0.15) is 0 Å². The van der Waals surface area contributed by atoms with Gasteiger partial charge in [0.1, 0.15) is 0 Å². The Bertz CT molecular complexity index is 318. The van der Waals surface area contributed by atoms with E-state index in [1.54, 1.807) is 17.8 Å². The number of rotatable bonds is 5. The predicted molar refractivity (Wildman–Crippen MR) is 107 cm³/mol. The fourth-order valence-corrected chi connectivity index (χ4v) is 4.62. The van der Waals surface area contributed by atoms with Crippen LogP contribution in [-0.2, 0) is 21.7 Å². The van der Waals surface area contributed by atoms with E-state index in [4.69, 9.17) is 0 Å². The Labute approximate surface area is 175 Å². The van der Waals surface area contributed by atoms with E-state index < -0.39 is 0 Å². The maximum Gasteiger partial charge on any atom is 3.00 e. The summed E-state index contributed by atoms with van der Waals surface area (Å²) in [5.74, 6) is 6.84. The normalized spacial score (nSPS) is 24.6. The Morgan fingerprint density at radius 2 is 1.32 bits per heavy atom. The van der Waals surface area contributed by atoms with Crippen LogP contribution in [-0.4, -0.2) is 25.5 Å². The third kappa shape index (κ3) is 7.30. The van der Waals surface area contributed by atoms with Crippen LogP contribution in [0.1, 0.15) is 70.6 Å². The molecule has 0 heterocycles. The van der Waals surface area contributed by atoms with E-state index in [9.17, 15) is 0 Å². The topological polar surface area (TPSA) is 3.24 Å². The molecule has 1 nitrogen and oxygen atoms in total. The van der Waals surface area contributed by atoms with Crippen LogP contribution in [0.15, 0.2) is 0 Å². The van der Waals surface area contributed by atoms with Crippen molar-refractivity contribution in [1.82, 2.24) is 4.90 Å². The monoisotopic (exact) mass is 378 g/mol. The number of nitrogens with zero attached hydrogens (tertiary/aromatic N) is 1. The van der Waals surface area contributed by atoms with Gasteiger partial charge in [0.15, 0.2) is 0 Å². The van der Waals surface area contributed by atoms with Crippen LogP contribution in [0.5, 0.6) is 0 Å². The summed E-state index contributed by atoms with van der Waals surface area (Å²) >= 11 is 0. The van der Waals surface area contributed by atoms with Crippen molar-refractivity contribution in [2.45, 2.75) is 70.6 Å². The second-order valence-corrected chi connectivity index (χ2v) is 7.99. The molecule has 25 heavy (non-hydrogen) atoms. The second kappa shape index (κ2) is 13.0. The summed E-state index contributed by atoms with van der Waals surface area (Å²) < 4.78 is 0. The summed E-state index contributed by atoms with van der Waals surface area (Å²) in [7, 11) is 4.40. The average Bonchev–Trinajstić information content (AvgIpc) is 2.99. The van der Waals surface area contributed by atoms with E-state index in [2.05, 4.69) is 31.8 Å². The molecule has 0 atom stereocenters. The Morgan fingerprint density at radius 1 is 0.800 bits per heavy atom. The average molecular weight is 378 g/mol. The third-order valence-corrected chi connectivity index (χ3v) is 5.98. The zero-order valence-electron chi connectivity index (χ0n) is 17.2. The minimum atomic E-state index is 0. The maximum atomic E-state index is 2.64. The van der Waals surface area contributed by atoms with Gasteiger partial charge in [0, 0.05) is 0 Å². The molecule has 3 aliphatic rings. The molecule has 3 saturated carbocycles. The molecule has 0 bridgehead atoms. The van der Waals surface area contributed by atoms with Gasteiger partial charge in [-0.1, -0.05) is 38.5 Å². The minimum absolute atomic E-state index is 0. The van der Waals surface area contributed by atoms with Gasteiger partial charge < -0.3 is 19.8 Å². The largest absolute Gasteiger partial charge is 3.00 e. The molecule has 140 valence electrons. The molecule has 0 N–H and O–H groups in total. The molecule has 6 radical (unpaired) electrons. The van der Waals surface area contributed by atoms with Gasteiger partial charge in [-0.15, -0.1) is 0 Å². The fourth-order valence-electron chi connectivity index (χ4n) is 4.62. The smallest absolute Gasteiger partial charge is 0.358 e. The zero-order valence-corrected chi connectivity index (χ0v) is 18.8. The zero-order chi connectivity index (χ0) is 15.4. The minimum Gasteiger partial charge on any atom is -0.358 e. The Kier molecular flexibility index (Phi) is 13.3. The molecule has 0 amide bonds. The van der Waals surface area contributed by atoms with Gasteiger partial charge in [-0.3, -0.25) is 0 Å². The van der Waals surface area contributed by atoms with Crippen molar-refractivity contribution >= 4 is 0 Å². The molecular formula is C23H40NTi+. The third-order valence-electron chi connectivity index (χ3n) is 5.98. The SMILES string of the molecule is CN(C)CC[C]1[CH][C](C2CCCCC2)[CH][C]1C1CCCCC1.[CH3-].[CH3-].[Ti+3]. The molecule has 0 aromatic carbocycles. The van der Waals surface area contributed by atoms with Crippen molar-refractivity contribution in [3.8, 4) is 0 Å². The van der Waals surface area contributed by atoms with Crippen LogP contribution in [0.4, 0.5) is 0 Å². The van der Waals surface area contributed by atoms with E-state index in [1.165, 1.54) is 77.2 Å². The summed E-state index contributed by atoms with van der Waals surface area (Å²) in [5.41, 5.74) is 0. The van der Waals surface area contributed by atoms with Gasteiger partial charge in [0.05, 0.1) is 0 Å². The van der Waals surface area contributed by atoms with Crippen molar-refractivity contribution in [3.63, 3.8) is 0 Å². The van der Waals surface area contributed by atoms with Gasteiger partial charge >= 0.3 is 21.7 Å². The Hall–Kier alpha value is 0.674. The standard InChI is InChI=1S/C21H34N.2CH3.Ti/c1-22(2)14-13-19-15-20(17-9-5-3-6-10-17)16-21(19)18-11-7-4-8-12-18;;;/h15-18H,3-14H2,1-2H3;2*1H3;/q;2*-1;+3. The van der Waals surface area contributed by atoms with Crippen LogP contribution < -0.4 is 0 Å². The van der Waals surface area contributed by atoms with Crippen LogP contribution in [0.2, 0.25) is 0 Å². The maximum absolute atomic E-state index is 2.64. The molecule has 0 saturated heterocycles. The van der Waals surface area contributed by atoms with Crippen molar-refractivity contribution in [3.05, 3.63) is 45.4 Å². The van der Waals surface area contributed by atoms with Crippen molar-refractivity contribution in [1.29, 1.82) is 0 Å². The molecule has 0 aromatic rings. The fraction of sp³-hybridized carbons (Fsp3) is 0.696. The summed E-state index contributed by atoms with van der Waals surface area (Å²) in [6.45, 7) is 1.19. The summed E-state index contributed by atoms with van der Waals surface area (Å²) in [6, 6.07) is 0. The summed E-state index contributed by atoms with van der Waals surface area (Å²) in [6.07, 6.45) is 20.9. The van der Waals surface area contributed by atoms with Gasteiger partial charge in [0.2, 0.25) is 0 Å². The predicted octanol–water partition coefficient (Wildman–Crippen LogP) is 6.14. The Balaban J connectivity index is 0.00000192. The van der Waals surface area contributed by atoms with Crippen LogP contribution >= 0.6 is 0 Å². The van der Waals surface area contributed by atoms with E-state index in [1.807, 2.05) is 0 Å². The van der Waals surface area contributed by atoms with Crippen molar-refractivity contribution in [2.24, 2.45) is 11.8 Å². The molecule has 3 rings (SSSR count). The second-order valence-electron chi connectivity index (χ2n) is 7.99. The molecule has 0 aromatic heterocycles. The van der Waals surface area contributed by atoms with Gasteiger partial charge in [-0.05, 0) is 95.2 Å². The molecular weight excluding hydrogens is 338 g/mol. The van der Waals surface area contributed by atoms with E-state index >= 15 is 0 Å². The number of hydrogen-bond donors (Lipinski definition) is 0. The molecule has 3 fully saturated rings. The van der Waals surface area contributed by atoms with Crippen molar-refractivity contribution < 1.29 is 21.7 Å². The van der Waals surface area contributed by atoms with E-state index in [0.29, 0.717) is 0 Å². The number of hydrogen-bond acceptors (Lipinski definition) is 1.